The highest BCUT2D eigenvalue weighted by molar-refractivity contribution is 6.42. The topological polar surface area (TPSA) is 75.4 Å². The van der Waals surface area contributed by atoms with Gasteiger partial charge in [-0.05, 0) is 30.3 Å². The molecule has 0 bridgehead atoms. The van der Waals surface area contributed by atoms with E-state index in [1.54, 1.807) is 25.2 Å². The highest BCUT2D eigenvalue weighted by atomic mass is 35.5. The van der Waals surface area contributed by atoms with Gasteiger partial charge >= 0.3 is 0 Å². The van der Waals surface area contributed by atoms with E-state index in [-0.39, 0.29) is 24.8 Å². The number of aromatic nitrogens is 1. The van der Waals surface area contributed by atoms with Gasteiger partial charge in [-0.1, -0.05) is 41.4 Å². The van der Waals surface area contributed by atoms with Crippen molar-refractivity contribution in [1.82, 2.24) is 9.88 Å². The van der Waals surface area contributed by atoms with Crippen molar-refractivity contribution in [2.75, 3.05) is 18.9 Å². The molecule has 2 aromatic carbocycles. The monoisotopic (exact) mass is 417 g/mol. The Morgan fingerprint density at radius 3 is 2.57 bits per heavy atom. The predicted octanol–water partition coefficient (Wildman–Crippen LogP) is 4.29. The summed E-state index contributed by atoms with van der Waals surface area (Å²) >= 11 is 11.8. The lowest BCUT2D eigenvalue weighted by molar-refractivity contribution is -0.132. The number of likely N-dealkylation sites (N-methyl/N-ethyl adjacent to an activating group) is 1. The molecule has 3 aromatic rings. The lowest BCUT2D eigenvalue weighted by atomic mass is 10.2. The maximum absolute atomic E-state index is 12.4. The second kappa shape index (κ2) is 8.91. The fourth-order valence-electron chi connectivity index (χ4n) is 2.47. The van der Waals surface area contributed by atoms with Crippen molar-refractivity contribution in [2.24, 2.45) is 0 Å². The molecule has 0 unspecified atom stereocenters. The Labute approximate surface area is 172 Å². The molecule has 28 heavy (non-hydrogen) atoms. The second-order valence-corrected chi connectivity index (χ2v) is 6.93. The highest BCUT2D eigenvalue weighted by Crippen LogP contribution is 2.25. The largest absolute Gasteiger partial charge is 0.444 e. The predicted molar refractivity (Wildman–Crippen MR) is 108 cm³/mol. The normalized spacial score (nSPS) is 10.5. The minimum Gasteiger partial charge on any atom is -0.444 e. The van der Waals surface area contributed by atoms with Gasteiger partial charge in [0, 0.05) is 18.3 Å². The summed E-state index contributed by atoms with van der Waals surface area (Å²) in [5.41, 5.74) is 1.83. The van der Waals surface area contributed by atoms with Crippen LogP contribution in [0.25, 0.3) is 11.5 Å². The maximum atomic E-state index is 12.4. The summed E-state index contributed by atoms with van der Waals surface area (Å²) in [4.78, 5) is 30.2. The van der Waals surface area contributed by atoms with E-state index in [0.29, 0.717) is 27.3 Å². The van der Waals surface area contributed by atoms with Crippen LogP contribution in [-0.2, 0) is 16.0 Å². The Balaban J connectivity index is 1.55. The lowest BCUT2D eigenvalue weighted by Gasteiger charge is -2.16. The van der Waals surface area contributed by atoms with Crippen LogP contribution >= 0.6 is 23.2 Å². The first-order chi connectivity index (χ1) is 13.4. The summed E-state index contributed by atoms with van der Waals surface area (Å²) in [6.07, 6.45) is 1.48. The van der Waals surface area contributed by atoms with E-state index in [4.69, 9.17) is 27.6 Å². The van der Waals surface area contributed by atoms with Gasteiger partial charge in [-0.15, -0.1) is 0 Å². The van der Waals surface area contributed by atoms with E-state index in [1.165, 1.54) is 11.2 Å². The van der Waals surface area contributed by atoms with Crippen molar-refractivity contribution in [3.05, 3.63) is 70.5 Å². The molecular formula is C20H17Cl2N3O3. The van der Waals surface area contributed by atoms with Crippen molar-refractivity contribution in [2.45, 2.75) is 6.42 Å². The van der Waals surface area contributed by atoms with E-state index in [9.17, 15) is 9.59 Å². The molecule has 144 valence electrons. The smallest absolute Gasteiger partial charge is 0.243 e. The number of nitrogens with one attached hydrogen (secondary N) is 1. The van der Waals surface area contributed by atoms with Gasteiger partial charge < -0.3 is 14.6 Å². The molecule has 1 aromatic heterocycles. The van der Waals surface area contributed by atoms with E-state index in [1.807, 2.05) is 30.3 Å². The number of carbonyl (C=O) groups is 2. The van der Waals surface area contributed by atoms with Crippen LogP contribution in [0.2, 0.25) is 10.0 Å². The molecule has 0 aliphatic heterocycles. The first-order valence-electron chi connectivity index (χ1n) is 8.41. The Bertz CT molecular complexity index is 989. The van der Waals surface area contributed by atoms with Crippen LogP contribution in [0.1, 0.15) is 5.69 Å². The maximum Gasteiger partial charge on any atom is 0.243 e. The Morgan fingerprint density at radius 2 is 1.86 bits per heavy atom. The number of oxazole rings is 1. The summed E-state index contributed by atoms with van der Waals surface area (Å²) in [6.45, 7) is -0.109. The standard InChI is InChI=1S/C20H17Cl2N3O3/c1-25(11-18(26)23-14-7-8-16(21)17(22)9-14)19(27)10-15-12-28-20(24-15)13-5-3-2-4-6-13/h2-9,12H,10-11H2,1H3,(H,23,26). The second-order valence-electron chi connectivity index (χ2n) is 6.11. The summed E-state index contributed by atoms with van der Waals surface area (Å²) in [5.74, 6) is -0.153. The van der Waals surface area contributed by atoms with Crippen LogP contribution in [0, 0.1) is 0 Å². The van der Waals surface area contributed by atoms with Crippen molar-refractivity contribution < 1.29 is 14.0 Å². The fourth-order valence-corrected chi connectivity index (χ4v) is 2.77. The molecule has 1 N–H and O–H groups in total. The van der Waals surface area contributed by atoms with E-state index >= 15 is 0 Å². The van der Waals surface area contributed by atoms with Crippen molar-refractivity contribution in [3.8, 4) is 11.5 Å². The molecule has 0 spiro atoms. The number of hydrogen-bond donors (Lipinski definition) is 1. The summed E-state index contributed by atoms with van der Waals surface area (Å²) in [7, 11) is 1.55. The average molecular weight is 418 g/mol. The number of halogens is 2. The van der Waals surface area contributed by atoms with Gasteiger partial charge in [-0.25, -0.2) is 4.98 Å². The van der Waals surface area contributed by atoms with Crippen molar-refractivity contribution >= 4 is 40.7 Å². The molecule has 6 nitrogen and oxygen atoms in total. The van der Waals surface area contributed by atoms with Crippen LogP contribution in [0.4, 0.5) is 5.69 Å². The van der Waals surface area contributed by atoms with Crippen LogP contribution in [0.15, 0.2) is 59.2 Å². The van der Waals surface area contributed by atoms with Gasteiger partial charge in [0.05, 0.1) is 28.7 Å². The minimum absolute atomic E-state index is 0.0346. The van der Waals surface area contributed by atoms with E-state index in [2.05, 4.69) is 10.3 Å². The third-order valence-electron chi connectivity index (χ3n) is 3.91. The number of nitrogens with zero attached hydrogens (tertiary/aromatic N) is 2. The Kier molecular flexibility index (Phi) is 6.34. The zero-order chi connectivity index (χ0) is 20.1. The Hall–Kier alpha value is -2.83. The van der Waals surface area contributed by atoms with Gasteiger partial charge in [0.1, 0.15) is 6.26 Å². The molecule has 0 aliphatic rings. The number of rotatable bonds is 6. The third-order valence-corrected chi connectivity index (χ3v) is 4.65. The van der Waals surface area contributed by atoms with Gasteiger partial charge in [0.25, 0.3) is 0 Å². The number of carbonyl (C=O) groups excluding carboxylic acids is 2. The van der Waals surface area contributed by atoms with E-state index in [0.717, 1.165) is 5.56 Å². The number of benzene rings is 2. The van der Waals surface area contributed by atoms with E-state index < -0.39 is 0 Å². The van der Waals surface area contributed by atoms with Crippen molar-refractivity contribution in [1.29, 1.82) is 0 Å². The highest BCUT2D eigenvalue weighted by Gasteiger charge is 2.16. The molecular weight excluding hydrogens is 401 g/mol. The van der Waals surface area contributed by atoms with Crippen LogP contribution in [-0.4, -0.2) is 35.3 Å². The van der Waals surface area contributed by atoms with Crippen LogP contribution in [0.3, 0.4) is 0 Å². The molecule has 1 heterocycles. The summed E-state index contributed by atoms with van der Waals surface area (Å²) in [5, 5.41) is 3.41. The molecule has 0 saturated heterocycles. The van der Waals surface area contributed by atoms with Crippen molar-refractivity contribution in [3.63, 3.8) is 0 Å². The minimum atomic E-state index is -0.348. The molecule has 8 heteroatoms. The number of amides is 2. The number of anilines is 1. The molecule has 0 aliphatic carbocycles. The van der Waals surface area contributed by atoms with Gasteiger partial charge in [-0.2, -0.15) is 0 Å². The quantitative estimate of drug-likeness (QED) is 0.648. The molecule has 2 amide bonds. The van der Waals surface area contributed by atoms with Gasteiger partial charge in [0.2, 0.25) is 17.7 Å². The zero-order valence-electron chi connectivity index (χ0n) is 15.0. The number of hydrogen-bond acceptors (Lipinski definition) is 4. The first kappa shape index (κ1) is 19.9. The lowest BCUT2D eigenvalue weighted by Crippen LogP contribution is -2.35. The molecule has 3 rings (SSSR count). The van der Waals surface area contributed by atoms with Gasteiger partial charge in [0.15, 0.2) is 0 Å². The van der Waals surface area contributed by atoms with Crippen LogP contribution in [0.5, 0.6) is 0 Å². The zero-order valence-corrected chi connectivity index (χ0v) is 16.5. The summed E-state index contributed by atoms with van der Waals surface area (Å²) in [6, 6.07) is 14.2. The molecule has 0 saturated carbocycles. The molecule has 0 atom stereocenters. The summed E-state index contributed by atoms with van der Waals surface area (Å²) < 4.78 is 5.43. The SMILES string of the molecule is CN(CC(=O)Nc1ccc(Cl)c(Cl)c1)C(=O)Cc1coc(-c2ccccc2)n1. The van der Waals surface area contributed by atoms with Crippen LogP contribution < -0.4 is 5.32 Å². The first-order valence-corrected chi connectivity index (χ1v) is 9.16. The molecule has 0 radical (unpaired) electrons. The Morgan fingerprint density at radius 1 is 1.11 bits per heavy atom. The van der Waals surface area contributed by atoms with Gasteiger partial charge in [-0.3, -0.25) is 9.59 Å². The fraction of sp³-hybridized carbons (Fsp3) is 0.150. The third kappa shape index (κ3) is 5.12. The molecule has 0 fully saturated rings. The average Bonchev–Trinajstić information content (AvgIpc) is 3.14.